The van der Waals surface area contributed by atoms with Gasteiger partial charge in [-0.3, -0.25) is 0 Å². The summed E-state index contributed by atoms with van der Waals surface area (Å²) < 4.78 is 12.4. The van der Waals surface area contributed by atoms with Crippen LogP contribution >= 0.6 is 0 Å². The molecule has 0 aliphatic carbocycles. The van der Waals surface area contributed by atoms with E-state index in [0.717, 1.165) is 34.2 Å². The highest BCUT2D eigenvalue weighted by molar-refractivity contribution is 6.14. The van der Waals surface area contributed by atoms with Gasteiger partial charge in [-0.05, 0) is 64.6 Å². The Labute approximate surface area is 267 Å². The summed E-state index contributed by atoms with van der Waals surface area (Å²) in [5.41, 5.74) is 6.13. The van der Waals surface area contributed by atoms with E-state index in [-0.39, 0.29) is 0 Å². The Balaban J connectivity index is 1.26. The van der Waals surface area contributed by atoms with Crippen molar-refractivity contribution in [3.05, 3.63) is 168 Å². The van der Waals surface area contributed by atoms with Crippen molar-refractivity contribution >= 4 is 33.5 Å². The molecule has 4 nitrogen and oxygen atoms in total. The molecule has 0 fully saturated rings. The molecule has 46 heavy (non-hydrogen) atoms. The highest BCUT2D eigenvalue weighted by Gasteiger charge is 2.22. The van der Waals surface area contributed by atoms with Gasteiger partial charge >= 0.3 is 11.9 Å². The third-order valence-corrected chi connectivity index (χ3v) is 8.24. The summed E-state index contributed by atoms with van der Waals surface area (Å²) in [6.07, 6.45) is 0.792. The number of hydrogen-bond acceptors (Lipinski definition) is 4. The molecule has 0 heterocycles. The molecule has 7 rings (SSSR count). The fraction of sp³-hybridized carbons (Fsp3) is 0.0476. The zero-order chi connectivity index (χ0) is 31.5. The maximum Gasteiger partial charge on any atom is 0.343 e. The van der Waals surface area contributed by atoms with E-state index in [1.165, 1.54) is 0 Å². The maximum absolute atomic E-state index is 13.6. The molecule has 0 aromatic heterocycles. The first kappa shape index (κ1) is 28.8. The van der Waals surface area contributed by atoms with Crippen LogP contribution in [0.3, 0.4) is 0 Å². The topological polar surface area (TPSA) is 52.6 Å². The van der Waals surface area contributed by atoms with Crippen LogP contribution in [0, 0.1) is 0 Å². The minimum Gasteiger partial charge on any atom is -0.422 e. The van der Waals surface area contributed by atoms with Gasteiger partial charge < -0.3 is 9.47 Å². The summed E-state index contributed by atoms with van der Waals surface area (Å²) >= 11 is 0. The molecule has 4 heteroatoms. The van der Waals surface area contributed by atoms with E-state index < -0.39 is 11.9 Å². The van der Waals surface area contributed by atoms with Crippen LogP contribution in [0.4, 0.5) is 0 Å². The number of benzene rings is 7. The van der Waals surface area contributed by atoms with Crippen molar-refractivity contribution in [2.24, 2.45) is 0 Å². The second-order valence-electron chi connectivity index (χ2n) is 11.1. The van der Waals surface area contributed by atoms with Crippen LogP contribution in [-0.2, 0) is 6.42 Å². The van der Waals surface area contributed by atoms with Crippen molar-refractivity contribution in [1.29, 1.82) is 0 Å². The average Bonchev–Trinajstić information content (AvgIpc) is 3.13. The van der Waals surface area contributed by atoms with E-state index >= 15 is 0 Å². The van der Waals surface area contributed by atoms with Gasteiger partial charge in [0.05, 0.1) is 11.1 Å². The number of rotatable bonds is 7. The monoisotopic (exact) mass is 598 g/mol. The van der Waals surface area contributed by atoms with Gasteiger partial charge in [0.1, 0.15) is 11.5 Å². The minimum absolute atomic E-state index is 0.428. The lowest BCUT2D eigenvalue weighted by Gasteiger charge is -2.17. The van der Waals surface area contributed by atoms with E-state index in [2.05, 4.69) is 6.92 Å². The predicted molar refractivity (Wildman–Crippen MR) is 185 cm³/mol. The molecule has 7 aromatic carbocycles. The van der Waals surface area contributed by atoms with Crippen molar-refractivity contribution in [3.63, 3.8) is 0 Å². The van der Waals surface area contributed by atoms with Gasteiger partial charge in [0.15, 0.2) is 0 Å². The first-order chi connectivity index (χ1) is 22.6. The largest absolute Gasteiger partial charge is 0.422 e. The van der Waals surface area contributed by atoms with E-state index in [1.807, 2.05) is 127 Å². The lowest BCUT2D eigenvalue weighted by Crippen LogP contribution is -2.11. The summed E-state index contributed by atoms with van der Waals surface area (Å²) in [6, 6.07) is 48.3. The molecule has 7 aromatic rings. The number of esters is 2. The Kier molecular flexibility index (Phi) is 7.84. The molecule has 0 aliphatic heterocycles. The van der Waals surface area contributed by atoms with Crippen molar-refractivity contribution in [3.8, 4) is 33.8 Å². The van der Waals surface area contributed by atoms with Crippen LogP contribution in [0.25, 0.3) is 43.8 Å². The summed E-state index contributed by atoms with van der Waals surface area (Å²) in [5.74, 6) is -0.0625. The number of aryl methyl sites for hydroxylation is 1. The lowest BCUT2D eigenvalue weighted by molar-refractivity contribution is 0.0726. The predicted octanol–water partition coefficient (Wildman–Crippen LogP) is 10.3. The van der Waals surface area contributed by atoms with Crippen LogP contribution in [0.1, 0.15) is 33.2 Å². The third-order valence-electron chi connectivity index (χ3n) is 8.24. The Morgan fingerprint density at radius 2 is 0.826 bits per heavy atom. The van der Waals surface area contributed by atoms with Gasteiger partial charge in [-0.1, -0.05) is 128 Å². The van der Waals surface area contributed by atoms with Crippen molar-refractivity contribution < 1.29 is 19.1 Å². The maximum atomic E-state index is 13.6. The van der Waals surface area contributed by atoms with Gasteiger partial charge in [-0.15, -0.1) is 0 Å². The van der Waals surface area contributed by atoms with Crippen molar-refractivity contribution in [2.45, 2.75) is 13.3 Å². The Morgan fingerprint density at radius 1 is 0.435 bits per heavy atom. The Hall–Kier alpha value is -6.00. The van der Waals surface area contributed by atoms with Gasteiger partial charge in [-0.25, -0.2) is 9.59 Å². The molecular formula is C42H30O4. The quantitative estimate of drug-likeness (QED) is 0.104. The zero-order valence-electron chi connectivity index (χ0n) is 25.3. The van der Waals surface area contributed by atoms with E-state index in [9.17, 15) is 9.59 Å². The van der Waals surface area contributed by atoms with E-state index in [0.29, 0.717) is 44.2 Å². The molecular weight excluding hydrogens is 568 g/mol. The first-order valence-electron chi connectivity index (χ1n) is 15.3. The lowest BCUT2D eigenvalue weighted by atomic mass is 9.98. The number of fused-ring (bicyclic) bond motifs is 2. The zero-order valence-corrected chi connectivity index (χ0v) is 25.3. The molecule has 0 saturated carbocycles. The molecule has 0 bridgehead atoms. The normalized spacial score (nSPS) is 11.0. The average molecular weight is 599 g/mol. The third kappa shape index (κ3) is 5.64. The molecule has 0 N–H and O–H groups in total. The van der Waals surface area contributed by atoms with Gasteiger partial charge in [0.2, 0.25) is 0 Å². The molecule has 0 radical (unpaired) electrons. The molecule has 0 spiro atoms. The molecule has 0 saturated heterocycles. The summed E-state index contributed by atoms with van der Waals surface area (Å²) in [6.45, 7) is 2.07. The van der Waals surface area contributed by atoms with Gasteiger partial charge in [-0.2, -0.15) is 0 Å². The number of carbonyl (C=O) groups is 2. The summed E-state index contributed by atoms with van der Waals surface area (Å²) in [7, 11) is 0. The Morgan fingerprint density at radius 3 is 1.28 bits per heavy atom. The van der Waals surface area contributed by atoms with Crippen molar-refractivity contribution in [1.82, 2.24) is 0 Å². The van der Waals surface area contributed by atoms with Crippen LogP contribution in [0.15, 0.2) is 152 Å². The summed E-state index contributed by atoms with van der Waals surface area (Å²) in [5, 5.41) is 2.75. The highest BCUT2D eigenvalue weighted by atomic mass is 16.5. The minimum atomic E-state index is -0.464. The molecule has 0 unspecified atom stereocenters. The van der Waals surface area contributed by atoms with Crippen LogP contribution < -0.4 is 9.47 Å². The van der Waals surface area contributed by atoms with E-state index in [1.54, 1.807) is 24.3 Å². The standard InChI is InChI=1S/C42H30O4/c1-2-28-17-26-37-38(27-28)40(46-42(44)34-24-20-32(21-25-34)30-13-7-4-8-14-30)36-16-10-9-15-35(36)39(37)45-41(43)33-22-18-31(19-23-33)29-11-5-3-6-12-29/h3-27H,2H2,1H3. The fourth-order valence-corrected chi connectivity index (χ4v) is 5.75. The van der Waals surface area contributed by atoms with Gasteiger partial charge in [0, 0.05) is 21.5 Å². The summed E-state index contributed by atoms with van der Waals surface area (Å²) in [4.78, 5) is 27.1. The van der Waals surface area contributed by atoms with Crippen molar-refractivity contribution in [2.75, 3.05) is 0 Å². The second-order valence-corrected chi connectivity index (χ2v) is 11.1. The Bertz CT molecular complexity index is 2180. The smallest absolute Gasteiger partial charge is 0.343 e. The fourth-order valence-electron chi connectivity index (χ4n) is 5.75. The van der Waals surface area contributed by atoms with Gasteiger partial charge in [0.25, 0.3) is 0 Å². The number of hydrogen-bond donors (Lipinski definition) is 0. The molecule has 222 valence electrons. The SMILES string of the molecule is CCc1ccc2c(OC(=O)c3ccc(-c4ccccc4)cc3)c3ccccc3c(OC(=O)c3ccc(-c4ccccc4)cc3)c2c1. The van der Waals surface area contributed by atoms with Crippen LogP contribution in [-0.4, -0.2) is 11.9 Å². The second kappa shape index (κ2) is 12.5. The van der Waals surface area contributed by atoms with E-state index in [4.69, 9.17) is 9.47 Å². The molecule has 0 amide bonds. The number of carbonyl (C=O) groups excluding carboxylic acids is 2. The highest BCUT2D eigenvalue weighted by Crippen LogP contribution is 2.44. The number of ether oxygens (including phenoxy) is 2. The molecule has 0 atom stereocenters. The van der Waals surface area contributed by atoms with Crippen LogP contribution in [0.2, 0.25) is 0 Å². The molecule has 0 aliphatic rings. The first-order valence-corrected chi connectivity index (χ1v) is 15.3. The van der Waals surface area contributed by atoms with Crippen LogP contribution in [0.5, 0.6) is 11.5 Å².